The summed E-state index contributed by atoms with van der Waals surface area (Å²) in [5.74, 6) is 1.24. The van der Waals surface area contributed by atoms with Crippen molar-refractivity contribution in [1.82, 2.24) is 4.23 Å². The summed E-state index contributed by atoms with van der Waals surface area (Å²) < 4.78 is 15.2. The van der Waals surface area contributed by atoms with E-state index in [-0.39, 0.29) is 0 Å². The second-order valence-electron chi connectivity index (χ2n) is 8.13. The molecule has 0 aromatic carbocycles. The second-order valence-corrected chi connectivity index (χ2v) is 23.6. The van der Waals surface area contributed by atoms with Crippen LogP contribution in [0.4, 0.5) is 0 Å². The van der Waals surface area contributed by atoms with Crippen molar-refractivity contribution >= 4 is 36.8 Å². The van der Waals surface area contributed by atoms with E-state index in [1.54, 1.807) is 0 Å². The molecule has 7 heteroatoms. The Labute approximate surface area is 185 Å². The highest BCUT2D eigenvalue weighted by Gasteiger charge is 2.45. The molecule has 0 amide bonds. The maximum absolute atomic E-state index is 6.01. The zero-order valence-corrected chi connectivity index (χ0v) is 24.5. The smallest absolute Gasteiger partial charge is 0.345 e. The van der Waals surface area contributed by atoms with Crippen molar-refractivity contribution in [1.29, 1.82) is 0 Å². The van der Waals surface area contributed by atoms with Crippen molar-refractivity contribution in [2.24, 2.45) is 0 Å². The van der Waals surface area contributed by atoms with Gasteiger partial charge in [0.2, 0.25) is 0 Å². The Bertz CT molecular complexity index is 351. The van der Waals surface area contributed by atoms with Crippen molar-refractivity contribution in [3.63, 3.8) is 0 Å². The van der Waals surface area contributed by atoms with Crippen LogP contribution in [0.25, 0.3) is 0 Å². The van der Waals surface area contributed by atoms with Gasteiger partial charge in [-0.1, -0.05) is 41.5 Å². The highest BCUT2D eigenvalue weighted by Crippen LogP contribution is 2.36. The molecule has 0 aliphatic heterocycles. The van der Waals surface area contributed by atoms with E-state index >= 15 is 0 Å². The molecule has 0 aromatic rings. The van der Waals surface area contributed by atoms with Gasteiger partial charge in [0.05, 0.1) is 0 Å². The van der Waals surface area contributed by atoms with Crippen molar-refractivity contribution < 1.29 is 8.85 Å². The Kier molecular flexibility index (Phi) is 15.3. The van der Waals surface area contributed by atoms with E-state index in [1.165, 1.54) is 55.0 Å². The van der Waals surface area contributed by atoms with Crippen LogP contribution in [0.3, 0.4) is 0 Å². The van der Waals surface area contributed by atoms with Gasteiger partial charge in [0, 0.05) is 18.6 Å². The summed E-state index contributed by atoms with van der Waals surface area (Å²) in [6.07, 6.45) is 1.32. The van der Waals surface area contributed by atoms with E-state index in [0.717, 1.165) is 18.6 Å². The maximum Gasteiger partial charge on any atom is 0.345 e. The summed E-state index contributed by atoms with van der Waals surface area (Å²) in [5.41, 5.74) is 0. The average Bonchev–Trinajstić information content (AvgIpc) is 2.70. The minimum Gasteiger partial charge on any atom is -0.394 e. The lowest BCUT2D eigenvalue weighted by molar-refractivity contribution is 0.195. The molecule has 0 rings (SSSR count). The van der Waals surface area contributed by atoms with E-state index in [0.29, 0.717) is 0 Å². The number of hydrogen-bond donors (Lipinski definition) is 0. The van der Waals surface area contributed by atoms with Gasteiger partial charge >= 0.3 is 8.56 Å². The van der Waals surface area contributed by atoms with E-state index in [2.05, 4.69) is 77.9 Å². The molecule has 0 aromatic heterocycles. The van der Waals surface area contributed by atoms with Crippen molar-refractivity contribution in [3.05, 3.63) is 0 Å². The first-order chi connectivity index (χ1) is 13.3. The molecule has 0 atom stereocenters. The first-order valence-corrected chi connectivity index (χ1v) is 20.8. The van der Waals surface area contributed by atoms with Gasteiger partial charge < -0.3 is 13.1 Å². The fourth-order valence-corrected chi connectivity index (χ4v) is 22.7. The molecule has 0 saturated carbocycles. The minimum atomic E-state index is -1.97. The Morgan fingerprint density at radius 1 is 0.679 bits per heavy atom. The van der Waals surface area contributed by atoms with Crippen LogP contribution in [-0.2, 0) is 8.85 Å². The molecule has 0 saturated heterocycles. The molecule has 0 bridgehead atoms. The van der Waals surface area contributed by atoms with Crippen LogP contribution in [-0.4, -0.2) is 60.2 Å². The third kappa shape index (κ3) is 7.85. The van der Waals surface area contributed by atoms with Crippen LogP contribution in [0.15, 0.2) is 0 Å². The lowest BCUT2D eigenvalue weighted by atomic mass is 10.5. The van der Waals surface area contributed by atoms with Gasteiger partial charge in [-0.2, -0.15) is 11.8 Å². The topological polar surface area (TPSA) is 21.7 Å². The van der Waals surface area contributed by atoms with Crippen LogP contribution in [0.2, 0.25) is 42.8 Å². The number of thioether (sulfide) groups is 1. The van der Waals surface area contributed by atoms with Crippen molar-refractivity contribution in [3.8, 4) is 0 Å². The van der Waals surface area contributed by atoms with Crippen LogP contribution < -0.4 is 0 Å². The molecule has 0 aliphatic rings. The molecule has 0 fully saturated rings. The normalized spacial score (nSPS) is 13.5. The molecule has 0 spiro atoms. The van der Waals surface area contributed by atoms with E-state index < -0.39 is 25.0 Å². The van der Waals surface area contributed by atoms with Crippen molar-refractivity contribution in [2.75, 3.05) is 30.9 Å². The summed E-state index contributed by atoms with van der Waals surface area (Å²) in [5, 5.41) is 1.06. The van der Waals surface area contributed by atoms with E-state index in [9.17, 15) is 0 Å². The molecule has 28 heavy (non-hydrogen) atoms. The molecule has 0 radical (unpaired) electrons. The van der Waals surface area contributed by atoms with E-state index in [1.807, 2.05) is 0 Å². The Morgan fingerprint density at radius 2 is 1.07 bits per heavy atom. The van der Waals surface area contributed by atoms with E-state index in [4.69, 9.17) is 8.85 Å². The van der Waals surface area contributed by atoms with Crippen LogP contribution >= 0.6 is 11.8 Å². The molecule has 0 unspecified atom stereocenters. The molecular weight excluding hydrogens is 415 g/mol. The summed E-state index contributed by atoms with van der Waals surface area (Å²) in [6.45, 7) is 24.1. The van der Waals surface area contributed by atoms with Gasteiger partial charge in [-0.05, 0) is 75.4 Å². The van der Waals surface area contributed by atoms with Gasteiger partial charge in [-0.25, -0.2) is 0 Å². The molecule has 3 nitrogen and oxygen atoms in total. The van der Waals surface area contributed by atoms with Gasteiger partial charge in [0.25, 0.3) is 0 Å². The number of rotatable bonds is 18. The Morgan fingerprint density at radius 3 is 1.39 bits per heavy atom. The standard InChI is InChI=1S/C21H51NO2SSi3/c1-10-23-26(9,24-11-2)21-25-20-18-19-22(27(12-3,13-4)14-5)28(15-6,16-7)17-8/h10-21H2,1-9H3. The first kappa shape index (κ1) is 28.9. The van der Waals surface area contributed by atoms with Crippen LogP contribution in [0, 0.1) is 0 Å². The highest BCUT2D eigenvalue weighted by atomic mass is 32.2. The second kappa shape index (κ2) is 14.8. The monoisotopic (exact) mass is 465 g/mol. The summed E-state index contributed by atoms with van der Waals surface area (Å²) in [4.78, 5) is 0. The van der Waals surface area contributed by atoms with Gasteiger partial charge in [-0.15, -0.1) is 0 Å². The van der Waals surface area contributed by atoms with Gasteiger partial charge in [0.15, 0.2) is 0 Å². The molecule has 0 aliphatic carbocycles. The predicted molar refractivity (Wildman–Crippen MR) is 138 cm³/mol. The third-order valence-electron chi connectivity index (χ3n) is 7.03. The lowest BCUT2D eigenvalue weighted by Crippen LogP contribution is -2.66. The Balaban J connectivity index is 5.09. The first-order valence-electron chi connectivity index (χ1n) is 12.0. The maximum atomic E-state index is 6.01. The SMILES string of the molecule is CCO[Si](C)(CSCCCN([Si](CC)(CC)CC)[Si](CC)(CC)CC)OCC. The molecular formula is C21H51NO2SSi3. The summed E-state index contributed by atoms with van der Waals surface area (Å²) in [7, 11) is -4.62. The fourth-order valence-electron chi connectivity index (χ4n) is 4.94. The van der Waals surface area contributed by atoms with Crippen molar-refractivity contribution in [2.45, 2.75) is 105 Å². The Hall–Kier alpha value is 0.881. The fraction of sp³-hybridized carbons (Fsp3) is 1.00. The number of nitrogens with zero attached hydrogens (tertiary/aromatic N) is 1. The summed E-state index contributed by atoms with van der Waals surface area (Å²) in [6, 6.07) is 8.51. The third-order valence-corrected chi connectivity index (χ3v) is 25.8. The molecule has 170 valence electrons. The van der Waals surface area contributed by atoms with Gasteiger partial charge in [0.1, 0.15) is 16.5 Å². The molecule has 0 N–H and O–H groups in total. The average molecular weight is 466 g/mol. The molecule has 0 heterocycles. The largest absolute Gasteiger partial charge is 0.394 e. The quantitative estimate of drug-likeness (QED) is 0.159. The lowest BCUT2D eigenvalue weighted by Gasteiger charge is -2.52. The zero-order valence-electron chi connectivity index (χ0n) is 20.7. The summed E-state index contributed by atoms with van der Waals surface area (Å²) >= 11 is 2.06. The minimum absolute atomic E-state index is 0.770. The van der Waals surface area contributed by atoms with Crippen LogP contribution in [0.5, 0.6) is 0 Å². The highest BCUT2D eigenvalue weighted by molar-refractivity contribution is 8.00. The number of hydrogen-bond acceptors (Lipinski definition) is 4. The predicted octanol–water partition coefficient (Wildman–Crippen LogP) is 7.11. The van der Waals surface area contributed by atoms with Gasteiger partial charge in [-0.3, -0.25) is 0 Å². The zero-order chi connectivity index (χ0) is 21.7. The van der Waals surface area contributed by atoms with Crippen LogP contribution in [0.1, 0.15) is 61.8 Å².